The zero-order valence-corrected chi connectivity index (χ0v) is 8.91. The first-order chi connectivity index (χ1) is 8.16. The molecule has 86 valence electrons. The first-order valence-electron chi connectivity index (χ1n) is 5.00. The zero-order valence-electron chi connectivity index (χ0n) is 8.91. The number of pyridine rings is 2. The van der Waals surface area contributed by atoms with Crippen molar-refractivity contribution in [3.05, 3.63) is 64.3 Å². The van der Waals surface area contributed by atoms with Crippen LogP contribution >= 0.6 is 0 Å². The lowest BCUT2D eigenvalue weighted by Gasteiger charge is -2.05. The number of hydrogen-bond acceptors (Lipinski definition) is 3. The van der Waals surface area contributed by atoms with Gasteiger partial charge in [-0.2, -0.15) is 0 Å². The lowest BCUT2D eigenvalue weighted by Crippen LogP contribution is -2.18. The molecule has 0 amide bonds. The van der Waals surface area contributed by atoms with Gasteiger partial charge in [0.05, 0.1) is 6.54 Å². The van der Waals surface area contributed by atoms with E-state index in [2.05, 4.69) is 4.98 Å². The second-order valence-electron chi connectivity index (χ2n) is 3.52. The highest BCUT2D eigenvalue weighted by Crippen LogP contribution is 2.03. The van der Waals surface area contributed by atoms with E-state index in [9.17, 15) is 9.59 Å². The van der Waals surface area contributed by atoms with Crippen molar-refractivity contribution in [2.45, 2.75) is 6.54 Å². The van der Waals surface area contributed by atoms with E-state index in [4.69, 9.17) is 5.11 Å². The molecule has 2 aromatic rings. The number of hydrogen-bond donors (Lipinski definition) is 1. The summed E-state index contributed by atoms with van der Waals surface area (Å²) in [6.07, 6.45) is 3.08. The van der Waals surface area contributed by atoms with Gasteiger partial charge in [0.25, 0.3) is 5.56 Å². The molecule has 5 nitrogen and oxygen atoms in total. The van der Waals surface area contributed by atoms with Crippen molar-refractivity contribution in [3.63, 3.8) is 0 Å². The molecule has 17 heavy (non-hydrogen) atoms. The molecule has 0 radical (unpaired) electrons. The largest absolute Gasteiger partial charge is 0.477 e. The second-order valence-corrected chi connectivity index (χ2v) is 3.52. The van der Waals surface area contributed by atoms with Crippen LogP contribution in [0, 0.1) is 0 Å². The van der Waals surface area contributed by atoms with E-state index in [0.29, 0.717) is 6.54 Å². The predicted octanol–water partition coefficient (Wildman–Crippen LogP) is 0.990. The van der Waals surface area contributed by atoms with Gasteiger partial charge in [0.2, 0.25) is 0 Å². The minimum absolute atomic E-state index is 0.0218. The molecule has 0 atom stereocenters. The fourth-order valence-electron chi connectivity index (χ4n) is 1.48. The Morgan fingerprint density at radius 1 is 1.35 bits per heavy atom. The second kappa shape index (κ2) is 4.61. The number of aromatic carboxylic acids is 1. The molecule has 0 fully saturated rings. The van der Waals surface area contributed by atoms with Crippen molar-refractivity contribution >= 4 is 5.97 Å². The highest BCUT2D eigenvalue weighted by molar-refractivity contribution is 5.85. The Balaban J connectivity index is 2.31. The van der Waals surface area contributed by atoms with E-state index in [-0.39, 0.29) is 11.3 Å². The molecular weight excluding hydrogens is 220 g/mol. The molecule has 0 unspecified atom stereocenters. The first kappa shape index (κ1) is 11.1. The Labute approximate surface area is 97.0 Å². The van der Waals surface area contributed by atoms with Gasteiger partial charge in [-0.25, -0.2) is 9.78 Å². The molecule has 2 aromatic heterocycles. The Morgan fingerprint density at radius 2 is 2.18 bits per heavy atom. The van der Waals surface area contributed by atoms with E-state index in [1.807, 2.05) is 0 Å². The average molecular weight is 230 g/mol. The van der Waals surface area contributed by atoms with Gasteiger partial charge in [0.1, 0.15) is 5.69 Å². The van der Waals surface area contributed by atoms with Gasteiger partial charge in [-0.15, -0.1) is 0 Å². The Bertz CT molecular complexity index is 604. The summed E-state index contributed by atoms with van der Waals surface area (Å²) in [6.45, 7) is 0.336. The zero-order chi connectivity index (χ0) is 12.3. The Hall–Kier alpha value is -2.43. The normalized spacial score (nSPS) is 10.1. The molecule has 0 saturated carbocycles. The van der Waals surface area contributed by atoms with Crippen molar-refractivity contribution < 1.29 is 9.90 Å². The van der Waals surface area contributed by atoms with Crippen LogP contribution in [0.1, 0.15) is 16.1 Å². The van der Waals surface area contributed by atoms with Crippen molar-refractivity contribution in [2.24, 2.45) is 0 Å². The van der Waals surface area contributed by atoms with E-state index < -0.39 is 5.97 Å². The van der Waals surface area contributed by atoms with Crippen LogP contribution in [0.2, 0.25) is 0 Å². The Kier molecular flexibility index (Phi) is 3.00. The molecule has 0 bridgehead atoms. The maximum absolute atomic E-state index is 11.5. The fourth-order valence-corrected chi connectivity index (χ4v) is 1.48. The molecule has 2 rings (SSSR count). The van der Waals surface area contributed by atoms with Gasteiger partial charge in [-0.05, 0) is 23.8 Å². The quantitative estimate of drug-likeness (QED) is 0.853. The minimum atomic E-state index is -1.08. The van der Waals surface area contributed by atoms with E-state index in [1.54, 1.807) is 24.4 Å². The molecule has 5 heteroatoms. The molecule has 0 spiro atoms. The first-order valence-corrected chi connectivity index (χ1v) is 5.00. The summed E-state index contributed by atoms with van der Waals surface area (Å²) in [4.78, 5) is 25.9. The number of carboxylic acids is 1. The molecule has 2 heterocycles. The van der Waals surface area contributed by atoms with Crippen LogP contribution in [-0.2, 0) is 6.54 Å². The summed E-state index contributed by atoms with van der Waals surface area (Å²) in [5, 5.41) is 8.80. The van der Waals surface area contributed by atoms with E-state index in [0.717, 1.165) is 5.56 Å². The summed E-state index contributed by atoms with van der Waals surface area (Å²) in [6, 6.07) is 8.02. The van der Waals surface area contributed by atoms with E-state index in [1.165, 1.54) is 22.9 Å². The van der Waals surface area contributed by atoms with Crippen LogP contribution < -0.4 is 5.56 Å². The van der Waals surface area contributed by atoms with Crippen LogP contribution in [0.5, 0.6) is 0 Å². The third-order valence-electron chi connectivity index (χ3n) is 2.30. The maximum Gasteiger partial charge on any atom is 0.354 e. The van der Waals surface area contributed by atoms with Crippen LogP contribution in [0.15, 0.2) is 47.5 Å². The van der Waals surface area contributed by atoms with Gasteiger partial charge in [0.15, 0.2) is 0 Å². The Morgan fingerprint density at radius 3 is 2.88 bits per heavy atom. The number of carbonyl (C=O) groups is 1. The molecule has 0 aliphatic heterocycles. The van der Waals surface area contributed by atoms with Gasteiger partial charge < -0.3 is 9.67 Å². The SMILES string of the molecule is O=C(O)c1cc(Cn2ccccc2=O)ccn1. The predicted molar refractivity (Wildman–Crippen MR) is 61.0 cm³/mol. The minimum Gasteiger partial charge on any atom is -0.477 e. The lowest BCUT2D eigenvalue weighted by atomic mass is 10.2. The smallest absolute Gasteiger partial charge is 0.354 e. The molecule has 1 N–H and O–H groups in total. The molecular formula is C12H10N2O3. The van der Waals surface area contributed by atoms with Crippen LogP contribution in [0.3, 0.4) is 0 Å². The van der Waals surface area contributed by atoms with Gasteiger partial charge in [-0.3, -0.25) is 4.79 Å². The van der Waals surface area contributed by atoms with Gasteiger partial charge in [-0.1, -0.05) is 6.07 Å². The van der Waals surface area contributed by atoms with E-state index >= 15 is 0 Å². The third-order valence-corrected chi connectivity index (χ3v) is 2.30. The number of aromatic nitrogens is 2. The van der Waals surface area contributed by atoms with Gasteiger partial charge in [0, 0.05) is 18.5 Å². The maximum atomic E-state index is 11.5. The third kappa shape index (κ3) is 2.57. The molecule has 0 aliphatic carbocycles. The monoisotopic (exact) mass is 230 g/mol. The van der Waals surface area contributed by atoms with Crippen LogP contribution in [0.25, 0.3) is 0 Å². The summed E-state index contributed by atoms with van der Waals surface area (Å²) >= 11 is 0. The summed E-state index contributed by atoms with van der Waals surface area (Å²) in [5.74, 6) is -1.08. The number of nitrogens with zero attached hydrogens (tertiary/aromatic N) is 2. The summed E-state index contributed by atoms with van der Waals surface area (Å²) < 4.78 is 1.50. The van der Waals surface area contributed by atoms with Crippen molar-refractivity contribution in [1.29, 1.82) is 0 Å². The highest BCUT2D eigenvalue weighted by Gasteiger charge is 2.05. The standard InChI is InChI=1S/C12H10N2O3/c15-11-3-1-2-6-14(11)8-9-4-5-13-10(7-9)12(16)17/h1-7H,8H2,(H,16,17). The van der Waals surface area contributed by atoms with Crippen LogP contribution in [0.4, 0.5) is 0 Å². The van der Waals surface area contributed by atoms with Crippen molar-refractivity contribution in [3.8, 4) is 0 Å². The summed E-state index contributed by atoms with van der Waals surface area (Å²) in [7, 11) is 0. The lowest BCUT2D eigenvalue weighted by molar-refractivity contribution is 0.0690. The summed E-state index contributed by atoms with van der Waals surface area (Å²) in [5.41, 5.74) is 0.582. The topological polar surface area (TPSA) is 72.2 Å². The van der Waals surface area contributed by atoms with Gasteiger partial charge >= 0.3 is 5.97 Å². The molecule has 0 aliphatic rings. The van der Waals surface area contributed by atoms with Crippen LogP contribution in [-0.4, -0.2) is 20.6 Å². The van der Waals surface area contributed by atoms with Crippen molar-refractivity contribution in [2.75, 3.05) is 0 Å². The average Bonchev–Trinajstić information content (AvgIpc) is 2.32. The molecule has 0 saturated heterocycles. The molecule has 0 aromatic carbocycles. The number of carboxylic acid groups (broad SMARTS) is 1. The highest BCUT2D eigenvalue weighted by atomic mass is 16.4. The fraction of sp³-hybridized carbons (Fsp3) is 0.0833. The van der Waals surface area contributed by atoms with Crippen molar-refractivity contribution in [1.82, 2.24) is 9.55 Å². The number of rotatable bonds is 3.